The second-order valence-electron chi connectivity index (χ2n) is 2.82. The minimum Gasteiger partial charge on any atom is -0.464 e. The fraction of sp³-hybridized carbons (Fsp3) is 0. The minimum atomic E-state index is -0.998. The molecule has 1 aromatic carbocycles. The summed E-state index contributed by atoms with van der Waals surface area (Å²) in [5.74, 6) is -1.60. The highest BCUT2D eigenvalue weighted by molar-refractivity contribution is 9.10. The molecule has 1 heterocycles. The molecule has 2 rings (SSSR count). The molecule has 0 bridgehead atoms. The zero-order valence-electron chi connectivity index (χ0n) is 7.23. The number of rotatable bonds is 1. The number of hydrogen-bond acceptors (Lipinski definition) is 1. The van der Waals surface area contributed by atoms with Gasteiger partial charge in [0.05, 0.1) is 21.3 Å². The average Bonchev–Trinajstić information content (AvgIpc) is 2.68. The molecule has 15 heavy (non-hydrogen) atoms. The highest BCUT2D eigenvalue weighted by Gasteiger charge is 2.18. The van der Waals surface area contributed by atoms with Gasteiger partial charge in [-0.3, -0.25) is 0 Å². The van der Waals surface area contributed by atoms with E-state index in [0.29, 0.717) is 11.3 Å². The smallest absolute Gasteiger partial charge is 0.173 e. The lowest BCUT2D eigenvalue weighted by molar-refractivity contribution is 0.503. The van der Waals surface area contributed by atoms with E-state index in [-0.39, 0.29) is 9.50 Å². The van der Waals surface area contributed by atoms with Crippen molar-refractivity contribution in [3.05, 3.63) is 45.6 Å². The minimum absolute atomic E-state index is 0.0394. The molecule has 0 fully saturated rings. The Morgan fingerprint density at radius 3 is 2.67 bits per heavy atom. The lowest BCUT2D eigenvalue weighted by atomic mass is 10.1. The molecule has 2 aromatic rings. The summed E-state index contributed by atoms with van der Waals surface area (Å²) in [4.78, 5) is 0. The van der Waals surface area contributed by atoms with Crippen molar-refractivity contribution >= 4 is 27.5 Å². The molecule has 1 nitrogen and oxygen atoms in total. The standard InChI is InChI=1S/C10H4BrClF2O/c11-9-8(7-2-1-3-15-7)5(12)4-6(13)10(9)14/h1-4H. The second kappa shape index (κ2) is 3.94. The van der Waals surface area contributed by atoms with Crippen molar-refractivity contribution in [2.24, 2.45) is 0 Å². The molecule has 1 aromatic heterocycles. The van der Waals surface area contributed by atoms with Gasteiger partial charge < -0.3 is 4.42 Å². The van der Waals surface area contributed by atoms with Crippen LogP contribution in [0.4, 0.5) is 8.78 Å². The summed E-state index contributed by atoms with van der Waals surface area (Å²) in [5, 5.41) is 0.0933. The van der Waals surface area contributed by atoms with Crippen LogP contribution in [-0.2, 0) is 0 Å². The van der Waals surface area contributed by atoms with Gasteiger partial charge in [0.15, 0.2) is 11.6 Å². The van der Waals surface area contributed by atoms with E-state index >= 15 is 0 Å². The van der Waals surface area contributed by atoms with E-state index in [9.17, 15) is 8.78 Å². The van der Waals surface area contributed by atoms with Crippen molar-refractivity contribution in [3.8, 4) is 11.3 Å². The van der Waals surface area contributed by atoms with Crippen molar-refractivity contribution in [2.45, 2.75) is 0 Å². The molecule has 0 aliphatic rings. The molecule has 0 aliphatic carbocycles. The van der Waals surface area contributed by atoms with Crippen molar-refractivity contribution < 1.29 is 13.2 Å². The molecule has 0 radical (unpaired) electrons. The molecule has 0 N–H and O–H groups in total. The van der Waals surface area contributed by atoms with Crippen LogP contribution >= 0.6 is 27.5 Å². The van der Waals surface area contributed by atoms with E-state index in [1.807, 2.05) is 0 Å². The van der Waals surface area contributed by atoms with Gasteiger partial charge in [-0.25, -0.2) is 8.78 Å². The first-order chi connectivity index (χ1) is 7.11. The summed E-state index contributed by atoms with van der Waals surface area (Å²) in [5.41, 5.74) is 0.306. The summed E-state index contributed by atoms with van der Waals surface area (Å²) < 4.78 is 31.2. The van der Waals surface area contributed by atoms with E-state index < -0.39 is 11.6 Å². The normalized spacial score (nSPS) is 10.7. The van der Waals surface area contributed by atoms with Crippen molar-refractivity contribution in [1.82, 2.24) is 0 Å². The van der Waals surface area contributed by atoms with Crippen LogP contribution in [0.3, 0.4) is 0 Å². The number of furan rings is 1. The van der Waals surface area contributed by atoms with Crippen LogP contribution in [0.5, 0.6) is 0 Å². The maximum absolute atomic E-state index is 13.2. The largest absolute Gasteiger partial charge is 0.464 e. The quantitative estimate of drug-likeness (QED) is 0.551. The van der Waals surface area contributed by atoms with Gasteiger partial charge in [0, 0.05) is 0 Å². The highest BCUT2D eigenvalue weighted by atomic mass is 79.9. The molecule has 0 saturated carbocycles. The Morgan fingerprint density at radius 1 is 1.33 bits per heavy atom. The van der Waals surface area contributed by atoms with Gasteiger partial charge in [-0.1, -0.05) is 11.6 Å². The third-order valence-electron chi connectivity index (χ3n) is 1.88. The van der Waals surface area contributed by atoms with Crippen molar-refractivity contribution in [2.75, 3.05) is 0 Å². The molecular weight excluding hydrogens is 289 g/mol. The predicted molar refractivity (Wildman–Crippen MR) is 56.8 cm³/mol. The molecule has 78 valence electrons. The maximum atomic E-state index is 13.2. The fourth-order valence-corrected chi connectivity index (χ4v) is 2.21. The van der Waals surface area contributed by atoms with Crippen LogP contribution in [0.1, 0.15) is 0 Å². The summed E-state index contributed by atoms with van der Waals surface area (Å²) in [6.07, 6.45) is 1.43. The molecule has 0 amide bonds. The summed E-state index contributed by atoms with van der Waals surface area (Å²) in [7, 11) is 0. The topological polar surface area (TPSA) is 13.1 Å². The Kier molecular flexibility index (Phi) is 2.80. The average molecular weight is 293 g/mol. The Balaban J connectivity index is 2.72. The van der Waals surface area contributed by atoms with Gasteiger partial charge in [-0.15, -0.1) is 0 Å². The van der Waals surface area contributed by atoms with Crippen molar-refractivity contribution in [1.29, 1.82) is 0 Å². The Hall–Kier alpha value is -0.870. The van der Waals surface area contributed by atoms with E-state index in [1.54, 1.807) is 12.1 Å². The van der Waals surface area contributed by atoms with Gasteiger partial charge in [0.2, 0.25) is 0 Å². The first-order valence-corrected chi connectivity index (χ1v) is 5.15. The second-order valence-corrected chi connectivity index (χ2v) is 4.02. The SMILES string of the molecule is Fc1cc(Cl)c(-c2ccco2)c(Br)c1F. The summed E-state index contributed by atoms with van der Waals surface area (Å²) >= 11 is 8.75. The zero-order chi connectivity index (χ0) is 11.0. The van der Waals surface area contributed by atoms with Crippen LogP contribution in [0, 0.1) is 11.6 Å². The molecule has 0 aliphatic heterocycles. The fourth-order valence-electron chi connectivity index (χ4n) is 1.21. The van der Waals surface area contributed by atoms with Crippen LogP contribution in [0.25, 0.3) is 11.3 Å². The lowest BCUT2D eigenvalue weighted by Gasteiger charge is -2.05. The van der Waals surface area contributed by atoms with Crippen LogP contribution in [0.15, 0.2) is 33.4 Å². The van der Waals surface area contributed by atoms with Gasteiger partial charge in [-0.2, -0.15) is 0 Å². The van der Waals surface area contributed by atoms with E-state index in [1.165, 1.54) is 6.26 Å². The maximum Gasteiger partial charge on any atom is 0.173 e. The molecule has 0 spiro atoms. The molecular formula is C10H4BrClF2O. The van der Waals surface area contributed by atoms with Crippen molar-refractivity contribution in [3.63, 3.8) is 0 Å². The van der Waals surface area contributed by atoms with E-state index in [4.69, 9.17) is 16.0 Å². The molecule has 5 heteroatoms. The number of halogens is 4. The van der Waals surface area contributed by atoms with Crippen LogP contribution in [-0.4, -0.2) is 0 Å². The van der Waals surface area contributed by atoms with Gasteiger partial charge in [0.1, 0.15) is 5.76 Å². The molecule has 0 atom stereocenters. The van der Waals surface area contributed by atoms with E-state index in [0.717, 1.165) is 6.07 Å². The Morgan fingerprint density at radius 2 is 2.07 bits per heavy atom. The first kappa shape index (κ1) is 10.6. The van der Waals surface area contributed by atoms with Crippen LogP contribution in [0.2, 0.25) is 5.02 Å². The summed E-state index contributed by atoms with van der Waals surface area (Å²) in [6.45, 7) is 0. The monoisotopic (exact) mass is 292 g/mol. The van der Waals surface area contributed by atoms with E-state index in [2.05, 4.69) is 15.9 Å². The first-order valence-electron chi connectivity index (χ1n) is 3.98. The summed E-state index contributed by atoms with van der Waals surface area (Å²) in [6, 6.07) is 4.17. The zero-order valence-corrected chi connectivity index (χ0v) is 9.57. The third kappa shape index (κ3) is 1.79. The van der Waals surface area contributed by atoms with Gasteiger partial charge in [0.25, 0.3) is 0 Å². The van der Waals surface area contributed by atoms with Crippen LogP contribution < -0.4 is 0 Å². The number of hydrogen-bond donors (Lipinski definition) is 0. The van der Waals surface area contributed by atoms with Gasteiger partial charge >= 0.3 is 0 Å². The molecule has 0 saturated heterocycles. The Bertz CT molecular complexity index is 497. The number of benzene rings is 1. The third-order valence-corrected chi connectivity index (χ3v) is 2.92. The Labute approximate surface area is 97.8 Å². The molecule has 0 unspecified atom stereocenters. The highest BCUT2D eigenvalue weighted by Crippen LogP contribution is 2.37. The lowest BCUT2D eigenvalue weighted by Crippen LogP contribution is -1.90. The predicted octanol–water partition coefficient (Wildman–Crippen LogP) is 4.64. The van der Waals surface area contributed by atoms with Gasteiger partial charge in [-0.05, 0) is 34.1 Å².